The number of fused-ring (bicyclic) bond motifs is 3. The summed E-state index contributed by atoms with van der Waals surface area (Å²) in [7, 11) is 0. The van der Waals surface area contributed by atoms with Gasteiger partial charge >= 0.3 is 6.03 Å². The molecule has 0 unspecified atom stereocenters. The van der Waals surface area contributed by atoms with E-state index < -0.39 is 0 Å². The van der Waals surface area contributed by atoms with Crippen LogP contribution in [-0.4, -0.2) is 44.7 Å². The minimum Gasteiger partial charge on any atom is -0.391 e. The lowest BCUT2D eigenvalue weighted by molar-refractivity contribution is 0.0765. The van der Waals surface area contributed by atoms with Crippen LogP contribution in [0.25, 0.3) is 0 Å². The molecule has 2 fully saturated rings. The quantitative estimate of drug-likeness (QED) is 0.774. The Balaban J connectivity index is 1.47. The van der Waals surface area contributed by atoms with Crippen molar-refractivity contribution in [3.8, 4) is 0 Å². The molecule has 3 atom stereocenters. The minimum absolute atomic E-state index is 0.0363. The first-order valence-electron chi connectivity index (χ1n) is 8.31. The van der Waals surface area contributed by atoms with E-state index in [0.717, 1.165) is 44.3 Å². The number of amides is 2. The smallest absolute Gasteiger partial charge is 0.324 e. The molecule has 6 nitrogen and oxygen atoms in total. The SMILES string of the molecule is O=C(Nc1ncc2c(n1)CCCCC2)N1C[C@@H]2C[C@@H](O)[C@H]1C2. The van der Waals surface area contributed by atoms with Gasteiger partial charge in [0.15, 0.2) is 0 Å². The Morgan fingerprint density at radius 1 is 1.27 bits per heavy atom. The van der Waals surface area contributed by atoms with E-state index in [1.54, 1.807) is 4.90 Å². The highest BCUT2D eigenvalue weighted by Crippen LogP contribution is 2.37. The summed E-state index contributed by atoms with van der Waals surface area (Å²) in [5.74, 6) is 0.835. The molecule has 1 saturated heterocycles. The fourth-order valence-corrected chi connectivity index (χ4v) is 4.10. The molecule has 2 aliphatic carbocycles. The summed E-state index contributed by atoms with van der Waals surface area (Å²) in [6.07, 6.45) is 8.79. The fourth-order valence-electron chi connectivity index (χ4n) is 4.10. The molecule has 2 bridgehead atoms. The predicted molar refractivity (Wildman–Crippen MR) is 81.5 cm³/mol. The first kappa shape index (κ1) is 13.9. The number of anilines is 1. The molecule has 1 aromatic heterocycles. The molecule has 0 spiro atoms. The molecule has 1 aromatic rings. The van der Waals surface area contributed by atoms with E-state index in [1.165, 1.54) is 18.4 Å². The van der Waals surface area contributed by atoms with Crippen molar-refractivity contribution < 1.29 is 9.90 Å². The monoisotopic (exact) mass is 302 g/mol. The highest BCUT2D eigenvalue weighted by atomic mass is 16.3. The Labute approximate surface area is 129 Å². The molecular formula is C16H22N4O2. The molecule has 22 heavy (non-hydrogen) atoms. The fraction of sp³-hybridized carbons (Fsp3) is 0.688. The van der Waals surface area contributed by atoms with Gasteiger partial charge in [-0.2, -0.15) is 0 Å². The van der Waals surface area contributed by atoms with E-state index in [0.29, 0.717) is 11.9 Å². The van der Waals surface area contributed by atoms with Crippen LogP contribution >= 0.6 is 0 Å². The van der Waals surface area contributed by atoms with E-state index >= 15 is 0 Å². The van der Waals surface area contributed by atoms with Crippen molar-refractivity contribution in [2.75, 3.05) is 11.9 Å². The van der Waals surface area contributed by atoms with Crippen LogP contribution in [0, 0.1) is 5.92 Å². The number of likely N-dealkylation sites (tertiary alicyclic amines) is 1. The average molecular weight is 302 g/mol. The minimum atomic E-state index is -0.377. The van der Waals surface area contributed by atoms with Gasteiger partial charge in [-0.25, -0.2) is 14.8 Å². The number of aliphatic hydroxyl groups excluding tert-OH is 1. The molecule has 1 saturated carbocycles. The zero-order valence-electron chi connectivity index (χ0n) is 12.7. The van der Waals surface area contributed by atoms with Gasteiger partial charge in [-0.3, -0.25) is 5.32 Å². The maximum Gasteiger partial charge on any atom is 0.324 e. The topological polar surface area (TPSA) is 78.4 Å². The molecule has 1 aliphatic heterocycles. The largest absolute Gasteiger partial charge is 0.391 e. The number of urea groups is 1. The molecule has 0 aromatic carbocycles. The molecule has 3 aliphatic rings. The molecule has 2 heterocycles. The summed E-state index contributed by atoms with van der Waals surface area (Å²) in [5.41, 5.74) is 2.29. The van der Waals surface area contributed by atoms with Gasteiger partial charge in [0.1, 0.15) is 0 Å². The molecule has 118 valence electrons. The zero-order valence-corrected chi connectivity index (χ0v) is 12.7. The van der Waals surface area contributed by atoms with Crippen molar-refractivity contribution in [3.63, 3.8) is 0 Å². The normalized spacial score (nSPS) is 30.0. The van der Waals surface area contributed by atoms with Gasteiger partial charge < -0.3 is 10.0 Å². The Morgan fingerprint density at radius 3 is 2.95 bits per heavy atom. The van der Waals surface area contributed by atoms with Gasteiger partial charge in [0, 0.05) is 18.4 Å². The first-order valence-corrected chi connectivity index (χ1v) is 8.31. The maximum atomic E-state index is 12.4. The van der Waals surface area contributed by atoms with Crippen LogP contribution in [-0.2, 0) is 12.8 Å². The summed E-state index contributed by atoms with van der Waals surface area (Å²) in [6.45, 7) is 0.735. The van der Waals surface area contributed by atoms with Crippen LogP contribution in [0.5, 0.6) is 0 Å². The van der Waals surface area contributed by atoms with E-state index in [-0.39, 0.29) is 18.2 Å². The number of hydrogen-bond acceptors (Lipinski definition) is 4. The Hall–Kier alpha value is -1.69. The van der Waals surface area contributed by atoms with Crippen LogP contribution in [0.3, 0.4) is 0 Å². The van der Waals surface area contributed by atoms with Gasteiger partial charge in [0.25, 0.3) is 0 Å². The van der Waals surface area contributed by atoms with Crippen LogP contribution in [0.15, 0.2) is 6.20 Å². The van der Waals surface area contributed by atoms with Crippen molar-refractivity contribution in [1.29, 1.82) is 0 Å². The molecule has 0 radical (unpaired) electrons. The lowest BCUT2D eigenvalue weighted by Gasteiger charge is -2.30. The zero-order chi connectivity index (χ0) is 15.1. The Bertz CT molecular complexity index is 592. The lowest BCUT2D eigenvalue weighted by Crippen LogP contribution is -2.46. The molecule has 2 N–H and O–H groups in total. The summed E-state index contributed by atoms with van der Waals surface area (Å²) in [6, 6.07) is -0.217. The van der Waals surface area contributed by atoms with Crippen molar-refractivity contribution >= 4 is 12.0 Å². The van der Waals surface area contributed by atoms with Crippen LogP contribution in [0.1, 0.15) is 43.4 Å². The predicted octanol–water partition coefficient (Wildman–Crippen LogP) is 1.73. The third kappa shape index (κ3) is 2.45. The highest BCUT2D eigenvalue weighted by molar-refractivity contribution is 5.88. The second-order valence-corrected chi connectivity index (χ2v) is 6.78. The molecule has 2 amide bonds. The van der Waals surface area contributed by atoms with Crippen molar-refractivity contribution in [3.05, 3.63) is 17.5 Å². The second-order valence-electron chi connectivity index (χ2n) is 6.78. The number of hydrogen-bond donors (Lipinski definition) is 2. The van der Waals surface area contributed by atoms with Gasteiger partial charge in [0.05, 0.1) is 12.1 Å². The number of piperidine rings is 1. The van der Waals surface area contributed by atoms with Gasteiger partial charge in [-0.05, 0) is 50.0 Å². The number of carbonyl (C=O) groups excluding carboxylic acids is 1. The van der Waals surface area contributed by atoms with E-state index in [1.807, 2.05) is 6.20 Å². The van der Waals surface area contributed by atoms with Crippen molar-refractivity contribution in [1.82, 2.24) is 14.9 Å². The van der Waals surface area contributed by atoms with Crippen LogP contribution in [0.2, 0.25) is 0 Å². The number of carbonyl (C=O) groups is 1. The number of nitrogens with zero attached hydrogens (tertiary/aromatic N) is 3. The molecular weight excluding hydrogens is 280 g/mol. The molecule has 4 rings (SSSR count). The summed E-state index contributed by atoms with van der Waals surface area (Å²) >= 11 is 0. The second kappa shape index (κ2) is 5.50. The van der Waals surface area contributed by atoms with Crippen LogP contribution < -0.4 is 5.32 Å². The van der Waals surface area contributed by atoms with E-state index in [2.05, 4.69) is 15.3 Å². The Kier molecular flexibility index (Phi) is 3.48. The summed E-state index contributed by atoms with van der Waals surface area (Å²) < 4.78 is 0. The standard InChI is InChI=1S/C16H22N4O2/c21-14-7-10-6-13(14)20(9-10)16(22)19-15-17-8-11-4-2-1-3-5-12(11)18-15/h8,10,13-14,21H,1-7,9H2,(H,17,18,19,22)/t10-,13+,14+/m0/s1. The van der Waals surface area contributed by atoms with Gasteiger partial charge in [-0.15, -0.1) is 0 Å². The number of aromatic nitrogens is 2. The number of aryl methyl sites for hydroxylation is 2. The third-order valence-corrected chi connectivity index (χ3v) is 5.24. The molecule has 6 heteroatoms. The average Bonchev–Trinajstić information content (AvgIpc) is 2.99. The number of nitrogens with one attached hydrogen (secondary N) is 1. The van der Waals surface area contributed by atoms with Crippen LogP contribution in [0.4, 0.5) is 10.7 Å². The summed E-state index contributed by atoms with van der Waals surface area (Å²) in [5, 5.41) is 12.8. The third-order valence-electron chi connectivity index (χ3n) is 5.24. The summed E-state index contributed by atoms with van der Waals surface area (Å²) in [4.78, 5) is 23.0. The Morgan fingerprint density at radius 2 is 2.14 bits per heavy atom. The van der Waals surface area contributed by atoms with Crippen molar-refractivity contribution in [2.24, 2.45) is 5.92 Å². The first-order chi connectivity index (χ1) is 10.7. The van der Waals surface area contributed by atoms with Gasteiger partial charge in [-0.1, -0.05) is 6.42 Å². The maximum absolute atomic E-state index is 12.4. The van der Waals surface area contributed by atoms with E-state index in [4.69, 9.17) is 0 Å². The van der Waals surface area contributed by atoms with Gasteiger partial charge in [0.2, 0.25) is 5.95 Å². The highest BCUT2D eigenvalue weighted by Gasteiger charge is 2.46. The van der Waals surface area contributed by atoms with Crippen molar-refractivity contribution in [2.45, 2.75) is 57.1 Å². The van der Waals surface area contributed by atoms with E-state index in [9.17, 15) is 9.90 Å². The number of rotatable bonds is 1. The number of aliphatic hydroxyl groups is 1. The lowest BCUT2D eigenvalue weighted by atomic mass is 10.1.